The van der Waals surface area contributed by atoms with Gasteiger partial charge in [0.25, 0.3) is 0 Å². The molecule has 2 atom stereocenters. The summed E-state index contributed by atoms with van der Waals surface area (Å²) in [5, 5.41) is 3.78. The van der Waals surface area contributed by atoms with Crippen LogP contribution in [0.2, 0.25) is 0 Å². The van der Waals surface area contributed by atoms with Crippen molar-refractivity contribution < 1.29 is 0 Å². The predicted molar refractivity (Wildman–Crippen MR) is 89.5 cm³/mol. The van der Waals surface area contributed by atoms with Crippen molar-refractivity contribution in [1.29, 1.82) is 0 Å². The molecule has 1 N–H and O–H groups in total. The summed E-state index contributed by atoms with van der Waals surface area (Å²) in [6, 6.07) is 2.57. The lowest BCUT2D eigenvalue weighted by Gasteiger charge is -2.43. The second-order valence-corrected chi connectivity index (χ2v) is 8.55. The van der Waals surface area contributed by atoms with Crippen molar-refractivity contribution in [3.8, 4) is 0 Å². The van der Waals surface area contributed by atoms with Crippen LogP contribution < -0.4 is 5.32 Å². The Hall–Kier alpha value is 0.270. The average Bonchev–Trinajstić information content (AvgIpc) is 3.01. The molecule has 20 heavy (non-hydrogen) atoms. The smallest absolute Gasteiger partial charge is 0.0284 e. The Balaban J connectivity index is 1.59. The topological polar surface area (TPSA) is 15.3 Å². The molecule has 0 aromatic carbocycles. The standard InChI is InChI=1S/C17H32N2S/c1-3-10-18-14-11-15-6-7-16(12-14)19(15)13-17(20-2)8-4-5-9-17/h14-16,18H,3-13H2,1-2H3. The van der Waals surface area contributed by atoms with Gasteiger partial charge in [0, 0.05) is 29.4 Å². The van der Waals surface area contributed by atoms with E-state index in [0.717, 1.165) is 18.1 Å². The van der Waals surface area contributed by atoms with Crippen LogP contribution in [0.5, 0.6) is 0 Å². The molecular formula is C17H32N2S. The molecule has 3 rings (SSSR count). The summed E-state index contributed by atoms with van der Waals surface area (Å²) in [5.74, 6) is 0. The molecule has 0 radical (unpaired) electrons. The number of thioether (sulfide) groups is 1. The summed E-state index contributed by atoms with van der Waals surface area (Å²) >= 11 is 2.16. The Kier molecular flexibility index (Phi) is 4.99. The van der Waals surface area contributed by atoms with Gasteiger partial charge in [0.15, 0.2) is 0 Å². The highest BCUT2D eigenvalue weighted by Gasteiger charge is 2.45. The summed E-state index contributed by atoms with van der Waals surface area (Å²) in [4.78, 5) is 2.92. The zero-order valence-corrected chi connectivity index (χ0v) is 14.2. The Bertz CT molecular complexity index is 300. The van der Waals surface area contributed by atoms with Crippen LogP contribution in [0.3, 0.4) is 0 Å². The molecule has 116 valence electrons. The fraction of sp³-hybridized carbons (Fsp3) is 1.00. The van der Waals surface area contributed by atoms with E-state index in [-0.39, 0.29) is 0 Å². The molecule has 2 bridgehead atoms. The molecule has 2 nitrogen and oxygen atoms in total. The van der Waals surface area contributed by atoms with E-state index < -0.39 is 0 Å². The second-order valence-electron chi connectivity index (χ2n) is 7.27. The summed E-state index contributed by atoms with van der Waals surface area (Å²) in [6.07, 6.45) is 15.2. The number of hydrogen-bond acceptors (Lipinski definition) is 3. The molecule has 2 unspecified atom stereocenters. The molecule has 2 aliphatic heterocycles. The van der Waals surface area contributed by atoms with Crippen LogP contribution in [-0.4, -0.2) is 47.1 Å². The van der Waals surface area contributed by atoms with Gasteiger partial charge in [-0.15, -0.1) is 0 Å². The van der Waals surface area contributed by atoms with Crippen LogP contribution in [0.4, 0.5) is 0 Å². The van der Waals surface area contributed by atoms with Crippen molar-refractivity contribution in [2.75, 3.05) is 19.3 Å². The van der Waals surface area contributed by atoms with Gasteiger partial charge in [-0.3, -0.25) is 4.90 Å². The molecule has 1 aliphatic carbocycles. The summed E-state index contributed by atoms with van der Waals surface area (Å²) in [7, 11) is 0. The third-order valence-corrected chi connectivity index (χ3v) is 7.39. The molecule has 1 saturated carbocycles. The van der Waals surface area contributed by atoms with Gasteiger partial charge in [-0.25, -0.2) is 0 Å². The van der Waals surface area contributed by atoms with Crippen LogP contribution in [-0.2, 0) is 0 Å². The van der Waals surface area contributed by atoms with Crippen LogP contribution in [0.15, 0.2) is 0 Å². The largest absolute Gasteiger partial charge is 0.314 e. The fourth-order valence-corrected chi connectivity index (χ4v) is 5.80. The maximum atomic E-state index is 3.78. The van der Waals surface area contributed by atoms with Crippen molar-refractivity contribution in [2.45, 2.75) is 87.6 Å². The van der Waals surface area contributed by atoms with E-state index in [1.807, 2.05) is 0 Å². The first-order valence-corrected chi connectivity index (χ1v) is 10.0. The zero-order chi connectivity index (χ0) is 14.0. The number of fused-ring (bicyclic) bond motifs is 2. The van der Waals surface area contributed by atoms with E-state index in [1.54, 1.807) is 0 Å². The highest BCUT2D eigenvalue weighted by molar-refractivity contribution is 8.00. The van der Waals surface area contributed by atoms with E-state index in [0.29, 0.717) is 4.75 Å². The monoisotopic (exact) mass is 296 g/mol. The van der Waals surface area contributed by atoms with Gasteiger partial charge in [-0.2, -0.15) is 11.8 Å². The number of rotatable bonds is 6. The molecule has 0 amide bonds. The molecule has 0 aromatic rings. The predicted octanol–water partition coefficient (Wildman–Crippen LogP) is 3.66. The van der Waals surface area contributed by atoms with Gasteiger partial charge in [-0.05, 0) is 57.7 Å². The minimum atomic E-state index is 0.602. The van der Waals surface area contributed by atoms with Crippen molar-refractivity contribution >= 4 is 11.8 Å². The summed E-state index contributed by atoms with van der Waals surface area (Å²) in [5.41, 5.74) is 0. The number of nitrogens with one attached hydrogen (secondary N) is 1. The third-order valence-electron chi connectivity index (χ3n) is 5.99. The number of piperidine rings is 1. The maximum absolute atomic E-state index is 3.78. The van der Waals surface area contributed by atoms with E-state index in [1.165, 1.54) is 70.9 Å². The van der Waals surface area contributed by atoms with Gasteiger partial charge in [-0.1, -0.05) is 19.8 Å². The molecule has 3 heteroatoms. The van der Waals surface area contributed by atoms with Gasteiger partial charge < -0.3 is 5.32 Å². The van der Waals surface area contributed by atoms with Crippen LogP contribution in [0.1, 0.15) is 64.7 Å². The Labute approximate surface area is 129 Å². The Morgan fingerprint density at radius 2 is 1.80 bits per heavy atom. The van der Waals surface area contributed by atoms with E-state index in [4.69, 9.17) is 0 Å². The van der Waals surface area contributed by atoms with Crippen molar-refractivity contribution in [3.05, 3.63) is 0 Å². The minimum Gasteiger partial charge on any atom is -0.314 e. The first kappa shape index (κ1) is 15.2. The Morgan fingerprint density at radius 1 is 1.15 bits per heavy atom. The highest BCUT2D eigenvalue weighted by Crippen LogP contribution is 2.45. The van der Waals surface area contributed by atoms with Crippen molar-refractivity contribution in [2.24, 2.45) is 0 Å². The maximum Gasteiger partial charge on any atom is 0.0284 e. The van der Waals surface area contributed by atoms with Crippen LogP contribution in [0.25, 0.3) is 0 Å². The zero-order valence-electron chi connectivity index (χ0n) is 13.4. The lowest BCUT2D eigenvalue weighted by Crippen LogP contribution is -2.53. The van der Waals surface area contributed by atoms with Crippen LogP contribution >= 0.6 is 11.8 Å². The quantitative estimate of drug-likeness (QED) is 0.805. The fourth-order valence-electron chi connectivity index (χ4n) is 4.83. The lowest BCUT2D eigenvalue weighted by molar-refractivity contribution is 0.105. The van der Waals surface area contributed by atoms with Crippen molar-refractivity contribution in [3.63, 3.8) is 0 Å². The van der Waals surface area contributed by atoms with Gasteiger partial charge in [0.2, 0.25) is 0 Å². The first-order chi connectivity index (χ1) is 9.76. The molecular weight excluding hydrogens is 264 g/mol. The second kappa shape index (κ2) is 6.58. The average molecular weight is 297 g/mol. The third kappa shape index (κ3) is 3.05. The lowest BCUT2D eigenvalue weighted by atomic mass is 9.95. The molecule has 2 saturated heterocycles. The Morgan fingerprint density at radius 3 is 2.35 bits per heavy atom. The molecule has 2 heterocycles. The normalized spacial score (nSPS) is 36.6. The molecule has 3 fully saturated rings. The summed E-state index contributed by atoms with van der Waals surface area (Å²) < 4.78 is 0.602. The highest BCUT2D eigenvalue weighted by atomic mass is 32.2. The minimum absolute atomic E-state index is 0.602. The van der Waals surface area contributed by atoms with E-state index >= 15 is 0 Å². The van der Waals surface area contributed by atoms with E-state index in [9.17, 15) is 0 Å². The SMILES string of the molecule is CCCNC1CC2CCC(C1)N2CC1(SC)CCCC1. The molecule has 0 aromatic heterocycles. The molecule has 0 spiro atoms. The molecule has 3 aliphatic rings. The van der Waals surface area contributed by atoms with E-state index in [2.05, 4.69) is 35.2 Å². The number of hydrogen-bond donors (Lipinski definition) is 1. The first-order valence-electron chi connectivity index (χ1n) is 8.80. The summed E-state index contributed by atoms with van der Waals surface area (Å²) in [6.45, 7) is 4.86. The van der Waals surface area contributed by atoms with Crippen molar-refractivity contribution in [1.82, 2.24) is 10.2 Å². The van der Waals surface area contributed by atoms with Crippen LogP contribution in [0, 0.1) is 0 Å². The van der Waals surface area contributed by atoms with Gasteiger partial charge in [0.05, 0.1) is 0 Å². The van der Waals surface area contributed by atoms with Gasteiger partial charge in [0.1, 0.15) is 0 Å². The van der Waals surface area contributed by atoms with Gasteiger partial charge >= 0.3 is 0 Å². The number of nitrogens with zero attached hydrogens (tertiary/aromatic N) is 1.